The van der Waals surface area contributed by atoms with Crippen LogP contribution in [0.2, 0.25) is 0 Å². The van der Waals surface area contributed by atoms with Crippen molar-refractivity contribution >= 4 is 11.6 Å². The van der Waals surface area contributed by atoms with Crippen LogP contribution in [0.4, 0.5) is 5.69 Å². The van der Waals surface area contributed by atoms with Crippen molar-refractivity contribution in [2.45, 2.75) is 19.1 Å². The summed E-state index contributed by atoms with van der Waals surface area (Å²) in [6.07, 6.45) is 1.49. The number of benzene rings is 1. The molecule has 0 saturated carbocycles. The fraction of sp³-hybridized carbons (Fsp3) is 0.562. The van der Waals surface area contributed by atoms with E-state index >= 15 is 0 Å². The fourth-order valence-corrected chi connectivity index (χ4v) is 3.03. The summed E-state index contributed by atoms with van der Waals surface area (Å²) in [5.74, 6) is 0.256. The lowest BCUT2D eigenvalue weighted by atomic mass is 9.96. The minimum absolute atomic E-state index is 0.110. The Bertz CT molecular complexity index is 594. The fourth-order valence-electron chi connectivity index (χ4n) is 3.03. The molecule has 3 rings (SSSR count). The van der Waals surface area contributed by atoms with Crippen molar-refractivity contribution in [2.75, 3.05) is 32.9 Å². The van der Waals surface area contributed by atoms with Crippen LogP contribution in [0.3, 0.4) is 0 Å². The van der Waals surface area contributed by atoms with E-state index in [1.54, 1.807) is 17.0 Å². The van der Waals surface area contributed by atoms with E-state index in [0.717, 1.165) is 12.8 Å². The van der Waals surface area contributed by atoms with Crippen molar-refractivity contribution in [2.24, 2.45) is 5.92 Å². The molecule has 0 N–H and O–H groups in total. The van der Waals surface area contributed by atoms with Crippen LogP contribution in [0.1, 0.15) is 12.8 Å². The Hall–Kier alpha value is -2.19. The molecule has 1 amide bonds. The lowest BCUT2D eigenvalue weighted by Gasteiger charge is -2.33. The van der Waals surface area contributed by atoms with Gasteiger partial charge in [-0.3, -0.25) is 14.9 Å². The molecule has 1 aromatic carbocycles. The molecular formula is C16H20N2O6. The number of para-hydroxylation sites is 2. The Balaban J connectivity index is 1.49. The van der Waals surface area contributed by atoms with Crippen molar-refractivity contribution in [1.82, 2.24) is 4.90 Å². The number of carbonyl (C=O) groups is 1. The van der Waals surface area contributed by atoms with Crippen molar-refractivity contribution in [3.8, 4) is 5.75 Å². The molecule has 24 heavy (non-hydrogen) atoms. The third kappa shape index (κ3) is 3.82. The first-order chi connectivity index (χ1) is 11.6. The molecule has 0 atom stereocenters. The first-order valence-electron chi connectivity index (χ1n) is 8.02. The molecule has 2 fully saturated rings. The Morgan fingerprint density at radius 2 is 1.92 bits per heavy atom. The van der Waals surface area contributed by atoms with Gasteiger partial charge in [-0.25, -0.2) is 0 Å². The molecule has 1 aromatic rings. The highest BCUT2D eigenvalue weighted by molar-refractivity contribution is 5.78. The summed E-state index contributed by atoms with van der Waals surface area (Å²) in [5, 5.41) is 10.9. The van der Waals surface area contributed by atoms with Crippen LogP contribution in [-0.4, -0.2) is 54.9 Å². The molecule has 0 spiro atoms. The summed E-state index contributed by atoms with van der Waals surface area (Å²) in [6, 6.07) is 6.05. The van der Waals surface area contributed by atoms with Crippen molar-refractivity contribution < 1.29 is 23.9 Å². The molecule has 130 valence electrons. The van der Waals surface area contributed by atoms with E-state index in [1.807, 2.05) is 0 Å². The molecular weight excluding hydrogens is 316 g/mol. The van der Waals surface area contributed by atoms with Gasteiger partial charge in [0.1, 0.15) is 0 Å². The molecule has 0 bridgehead atoms. The Morgan fingerprint density at radius 3 is 2.58 bits per heavy atom. The maximum absolute atomic E-state index is 12.2. The van der Waals surface area contributed by atoms with Crippen LogP contribution in [0.15, 0.2) is 24.3 Å². The molecule has 0 radical (unpaired) electrons. The predicted octanol–water partition coefficient (Wildman–Crippen LogP) is 1.59. The average Bonchev–Trinajstić information content (AvgIpc) is 3.14. The molecule has 0 aliphatic carbocycles. The van der Waals surface area contributed by atoms with E-state index in [-0.39, 0.29) is 30.2 Å². The van der Waals surface area contributed by atoms with Crippen LogP contribution in [0.5, 0.6) is 5.75 Å². The number of hydrogen-bond acceptors (Lipinski definition) is 6. The summed E-state index contributed by atoms with van der Waals surface area (Å²) in [4.78, 5) is 24.4. The standard InChI is InChI=1S/C16H20N2O6/c19-15(11-24-14-4-2-1-3-13(14)18(20)21)17-7-5-12(6-8-17)16-22-9-10-23-16/h1-4,12,16H,5-11H2. The third-order valence-electron chi connectivity index (χ3n) is 4.34. The summed E-state index contributed by atoms with van der Waals surface area (Å²) < 4.78 is 16.4. The summed E-state index contributed by atoms with van der Waals surface area (Å²) in [7, 11) is 0. The van der Waals surface area contributed by atoms with Gasteiger partial charge in [0.2, 0.25) is 0 Å². The van der Waals surface area contributed by atoms with Gasteiger partial charge in [0.15, 0.2) is 18.6 Å². The Kier molecular flexibility index (Phi) is 5.27. The van der Waals surface area contributed by atoms with E-state index in [2.05, 4.69) is 0 Å². The second-order valence-electron chi connectivity index (χ2n) is 5.84. The van der Waals surface area contributed by atoms with Crippen LogP contribution in [0, 0.1) is 16.0 Å². The number of likely N-dealkylation sites (tertiary alicyclic amines) is 1. The molecule has 0 unspecified atom stereocenters. The first-order valence-corrected chi connectivity index (χ1v) is 8.02. The second kappa shape index (κ2) is 7.59. The molecule has 2 saturated heterocycles. The highest BCUT2D eigenvalue weighted by Gasteiger charge is 2.31. The van der Waals surface area contributed by atoms with Gasteiger partial charge in [-0.15, -0.1) is 0 Å². The van der Waals surface area contributed by atoms with Gasteiger partial charge in [0, 0.05) is 25.1 Å². The van der Waals surface area contributed by atoms with E-state index in [1.165, 1.54) is 12.1 Å². The highest BCUT2D eigenvalue weighted by atomic mass is 16.7. The van der Waals surface area contributed by atoms with Gasteiger partial charge in [0.05, 0.1) is 18.1 Å². The first kappa shape index (κ1) is 16.7. The Labute approximate surface area is 139 Å². The average molecular weight is 336 g/mol. The quantitative estimate of drug-likeness (QED) is 0.599. The van der Waals surface area contributed by atoms with E-state index in [4.69, 9.17) is 14.2 Å². The van der Waals surface area contributed by atoms with Gasteiger partial charge in [0.25, 0.3) is 5.91 Å². The number of ether oxygens (including phenoxy) is 3. The third-order valence-corrected chi connectivity index (χ3v) is 4.34. The van der Waals surface area contributed by atoms with E-state index < -0.39 is 4.92 Å². The van der Waals surface area contributed by atoms with Gasteiger partial charge < -0.3 is 19.1 Å². The van der Waals surface area contributed by atoms with Gasteiger partial charge >= 0.3 is 5.69 Å². The molecule has 8 heteroatoms. The largest absolute Gasteiger partial charge is 0.477 e. The number of nitrogens with zero attached hydrogens (tertiary/aromatic N) is 2. The number of nitro groups is 1. The van der Waals surface area contributed by atoms with E-state index in [9.17, 15) is 14.9 Å². The zero-order chi connectivity index (χ0) is 16.9. The number of amides is 1. The number of rotatable bonds is 5. The Morgan fingerprint density at radius 1 is 1.25 bits per heavy atom. The minimum atomic E-state index is -0.521. The number of hydrogen-bond donors (Lipinski definition) is 0. The molecule has 2 aliphatic heterocycles. The number of carbonyl (C=O) groups excluding carboxylic acids is 1. The molecule has 0 aromatic heterocycles. The topological polar surface area (TPSA) is 91.1 Å². The molecule has 8 nitrogen and oxygen atoms in total. The lowest BCUT2D eigenvalue weighted by molar-refractivity contribution is -0.385. The summed E-state index contributed by atoms with van der Waals surface area (Å²) in [6.45, 7) is 2.30. The molecule has 2 aliphatic rings. The van der Waals surface area contributed by atoms with Gasteiger partial charge in [-0.05, 0) is 18.9 Å². The normalized spacial score (nSPS) is 19.4. The zero-order valence-corrected chi connectivity index (χ0v) is 13.3. The monoisotopic (exact) mass is 336 g/mol. The minimum Gasteiger partial charge on any atom is -0.477 e. The van der Waals surface area contributed by atoms with Crippen LogP contribution < -0.4 is 4.74 Å². The molecule has 2 heterocycles. The van der Waals surface area contributed by atoms with Crippen LogP contribution in [-0.2, 0) is 14.3 Å². The van der Waals surface area contributed by atoms with Gasteiger partial charge in [-0.1, -0.05) is 12.1 Å². The SMILES string of the molecule is O=C(COc1ccccc1[N+](=O)[O-])N1CCC(C2OCCO2)CC1. The van der Waals surface area contributed by atoms with Crippen LogP contribution in [0.25, 0.3) is 0 Å². The number of nitro benzene ring substituents is 1. The van der Waals surface area contributed by atoms with Crippen molar-refractivity contribution in [1.29, 1.82) is 0 Å². The summed E-state index contributed by atoms with van der Waals surface area (Å²) >= 11 is 0. The summed E-state index contributed by atoms with van der Waals surface area (Å²) in [5.41, 5.74) is -0.139. The van der Waals surface area contributed by atoms with Gasteiger partial charge in [-0.2, -0.15) is 0 Å². The van der Waals surface area contributed by atoms with E-state index in [0.29, 0.717) is 32.2 Å². The zero-order valence-electron chi connectivity index (χ0n) is 13.3. The van der Waals surface area contributed by atoms with Crippen LogP contribution >= 0.6 is 0 Å². The second-order valence-corrected chi connectivity index (χ2v) is 5.84. The smallest absolute Gasteiger partial charge is 0.310 e. The highest BCUT2D eigenvalue weighted by Crippen LogP contribution is 2.27. The predicted molar refractivity (Wildman–Crippen MR) is 83.6 cm³/mol. The maximum atomic E-state index is 12.2. The lowest BCUT2D eigenvalue weighted by Crippen LogP contribution is -2.43. The maximum Gasteiger partial charge on any atom is 0.310 e. The van der Waals surface area contributed by atoms with Crippen molar-refractivity contribution in [3.05, 3.63) is 34.4 Å². The number of piperidine rings is 1. The van der Waals surface area contributed by atoms with Crippen molar-refractivity contribution in [3.63, 3.8) is 0 Å².